The molecule has 22 heavy (non-hydrogen) atoms. The fourth-order valence-corrected chi connectivity index (χ4v) is 2.25. The van der Waals surface area contributed by atoms with Crippen molar-refractivity contribution in [1.29, 1.82) is 0 Å². The number of rotatable bonds is 3. The molecule has 0 spiro atoms. The highest BCUT2D eigenvalue weighted by atomic mass is 35.5. The number of halogens is 1. The Morgan fingerprint density at radius 1 is 0.955 bits per heavy atom. The summed E-state index contributed by atoms with van der Waals surface area (Å²) in [6.45, 7) is 6.48. The van der Waals surface area contributed by atoms with Crippen LogP contribution >= 0.6 is 11.6 Å². The lowest BCUT2D eigenvalue weighted by molar-refractivity contribution is 0.294. The lowest BCUT2D eigenvalue weighted by Crippen LogP contribution is -1.99. The van der Waals surface area contributed by atoms with Crippen LogP contribution in [0.15, 0.2) is 48.5 Å². The Hall–Kier alpha value is -2.13. The lowest BCUT2D eigenvalue weighted by atomic mass is 10.1. The van der Waals surface area contributed by atoms with Crippen LogP contribution in [0.4, 0.5) is 0 Å². The molecule has 0 unspecified atom stereocenters. The summed E-state index contributed by atoms with van der Waals surface area (Å²) in [7, 11) is 0. The summed E-state index contributed by atoms with van der Waals surface area (Å²) in [5, 5.41) is 10.1. The van der Waals surface area contributed by atoms with Gasteiger partial charge < -0.3 is 4.74 Å². The van der Waals surface area contributed by atoms with Gasteiger partial charge in [-0.2, -0.15) is 0 Å². The first-order valence-corrected chi connectivity index (χ1v) is 7.71. The Morgan fingerprint density at radius 3 is 2.41 bits per heavy atom. The predicted molar refractivity (Wildman–Crippen MR) is 91.4 cm³/mol. The second kappa shape index (κ2) is 7.76. The Kier molecular flexibility index (Phi) is 5.73. The zero-order valence-electron chi connectivity index (χ0n) is 13.0. The average Bonchev–Trinajstić information content (AvgIpc) is 2.57. The molecule has 0 saturated heterocycles. The summed E-state index contributed by atoms with van der Waals surface area (Å²) in [5.74, 6) is 0.511. The summed E-state index contributed by atoms with van der Waals surface area (Å²) in [5.41, 5.74) is 2.22. The Bertz CT molecular complexity index is 745. The number of fused-ring (bicyclic) bond motifs is 1. The highest BCUT2D eigenvalue weighted by Gasteiger charge is 2.09. The molecule has 2 aromatic carbocycles. The van der Waals surface area contributed by atoms with Gasteiger partial charge in [-0.05, 0) is 18.6 Å². The van der Waals surface area contributed by atoms with Crippen LogP contribution in [0.5, 0.6) is 5.88 Å². The van der Waals surface area contributed by atoms with Gasteiger partial charge in [-0.15, -0.1) is 10.2 Å². The number of nitrogens with zero attached hydrogens (tertiary/aromatic N) is 2. The third-order valence-corrected chi connectivity index (χ3v) is 3.35. The molecule has 0 aliphatic heterocycles. The molecular weight excluding hydrogens is 296 g/mol. The number of benzene rings is 2. The minimum Gasteiger partial charge on any atom is -0.471 e. The molecule has 1 aromatic heterocycles. The van der Waals surface area contributed by atoms with Gasteiger partial charge in [0.05, 0.1) is 0 Å². The number of ether oxygens (including phenoxy) is 1. The normalized spacial score (nSPS) is 10.0. The molecule has 0 bridgehead atoms. The van der Waals surface area contributed by atoms with E-state index < -0.39 is 0 Å². The van der Waals surface area contributed by atoms with Crippen molar-refractivity contribution >= 4 is 22.4 Å². The first-order chi connectivity index (χ1) is 10.7. The van der Waals surface area contributed by atoms with Crippen LogP contribution in [-0.2, 0) is 6.61 Å². The molecule has 3 aromatic rings. The van der Waals surface area contributed by atoms with Crippen LogP contribution in [0.1, 0.15) is 25.0 Å². The number of hydrogen-bond acceptors (Lipinski definition) is 3. The van der Waals surface area contributed by atoms with Gasteiger partial charge in [-0.1, -0.05) is 73.5 Å². The Morgan fingerprint density at radius 2 is 1.68 bits per heavy atom. The van der Waals surface area contributed by atoms with E-state index in [4.69, 9.17) is 16.3 Å². The van der Waals surface area contributed by atoms with E-state index in [1.165, 1.54) is 0 Å². The van der Waals surface area contributed by atoms with Crippen LogP contribution in [-0.4, -0.2) is 10.2 Å². The van der Waals surface area contributed by atoms with Gasteiger partial charge in [0.1, 0.15) is 6.61 Å². The molecule has 1 heterocycles. The van der Waals surface area contributed by atoms with Gasteiger partial charge in [-0.25, -0.2) is 0 Å². The topological polar surface area (TPSA) is 35.0 Å². The number of aromatic nitrogens is 2. The van der Waals surface area contributed by atoms with Gasteiger partial charge in [0.2, 0.25) is 5.88 Å². The van der Waals surface area contributed by atoms with Crippen molar-refractivity contribution in [2.75, 3.05) is 0 Å². The summed E-state index contributed by atoms with van der Waals surface area (Å²) in [4.78, 5) is 0. The first kappa shape index (κ1) is 16.2. The summed E-state index contributed by atoms with van der Waals surface area (Å²) in [6.07, 6.45) is 0. The molecule has 3 nitrogen and oxygen atoms in total. The lowest BCUT2D eigenvalue weighted by Gasteiger charge is -2.09. The fourth-order valence-electron chi connectivity index (χ4n) is 2.04. The van der Waals surface area contributed by atoms with Crippen molar-refractivity contribution in [2.45, 2.75) is 27.4 Å². The van der Waals surface area contributed by atoms with E-state index in [1.807, 2.05) is 69.3 Å². The van der Waals surface area contributed by atoms with E-state index in [9.17, 15) is 0 Å². The molecule has 0 saturated carbocycles. The van der Waals surface area contributed by atoms with Gasteiger partial charge >= 0.3 is 0 Å². The smallest absolute Gasteiger partial charge is 0.241 e. The van der Waals surface area contributed by atoms with Crippen molar-refractivity contribution in [2.24, 2.45) is 0 Å². The van der Waals surface area contributed by atoms with Crippen molar-refractivity contribution in [3.63, 3.8) is 0 Å². The maximum absolute atomic E-state index is 6.07. The molecule has 0 radical (unpaired) electrons. The molecule has 3 rings (SSSR count). The summed E-state index contributed by atoms with van der Waals surface area (Å²) < 4.78 is 5.78. The highest BCUT2D eigenvalue weighted by molar-refractivity contribution is 6.34. The van der Waals surface area contributed by atoms with E-state index >= 15 is 0 Å². The zero-order chi connectivity index (χ0) is 15.9. The van der Waals surface area contributed by atoms with Crippen molar-refractivity contribution < 1.29 is 4.74 Å². The minimum atomic E-state index is 0.395. The largest absolute Gasteiger partial charge is 0.471 e. The van der Waals surface area contributed by atoms with Crippen LogP contribution in [0, 0.1) is 6.92 Å². The molecule has 0 fully saturated rings. The second-order valence-corrected chi connectivity index (χ2v) is 4.98. The fraction of sp³-hybridized carbons (Fsp3) is 0.222. The summed E-state index contributed by atoms with van der Waals surface area (Å²) in [6, 6.07) is 15.9. The third kappa shape index (κ3) is 3.74. The zero-order valence-corrected chi connectivity index (χ0v) is 13.8. The monoisotopic (exact) mass is 314 g/mol. The van der Waals surface area contributed by atoms with Crippen molar-refractivity contribution in [3.8, 4) is 5.88 Å². The Labute approximate surface area is 135 Å². The SMILES string of the molecule is CC.Cc1ccc2c(Cl)nnc(OCc3ccccc3)c2c1. The minimum absolute atomic E-state index is 0.395. The van der Waals surface area contributed by atoms with Gasteiger partial charge in [0.15, 0.2) is 5.15 Å². The van der Waals surface area contributed by atoms with Crippen molar-refractivity contribution in [3.05, 3.63) is 64.8 Å². The molecule has 0 N–H and O–H groups in total. The van der Waals surface area contributed by atoms with Gasteiger partial charge in [0.25, 0.3) is 0 Å². The van der Waals surface area contributed by atoms with Crippen LogP contribution in [0.25, 0.3) is 10.8 Å². The first-order valence-electron chi connectivity index (χ1n) is 7.33. The van der Waals surface area contributed by atoms with Crippen LogP contribution in [0.2, 0.25) is 5.15 Å². The second-order valence-electron chi connectivity index (χ2n) is 4.62. The molecule has 0 aliphatic rings. The van der Waals surface area contributed by atoms with Crippen LogP contribution < -0.4 is 4.74 Å². The Balaban J connectivity index is 0.000000847. The van der Waals surface area contributed by atoms with E-state index in [0.717, 1.165) is 21.9 Å². The standard InChI is InChI=1S/C16H13ClN2O.C2H6/c1-11-7-8-13-14(9-11)16(19-18-15(13)17)20-10-12-5-3-2-4-6-12;1-2/h2-9H,10H2,1H3;1-2H3. The maximum Gasteiger partial charge on any atom is 0.241 e. The van der Waals surface area contributed by atoms with Gasteiger partial charge in [-0.3, -0.25) is 0 Å². The van der Waals surface area contributed by atoms with Crippen LogP contribution in [0.3, 0.4) is 0 Å². The van der Waals surface area contributed by atoms with E-state index in [2.05, 4.69) is 10.2 Å². The molecule has 0 atom stereocenters. The molecule has 114 valence electrons. The number of aryl methyl sites for hydroxylation is 1. The number of hydrogen-bond donors (Lipinski definition) is 0. The predicted octanol–water partition coefficient (Wildman–Crippen LogP) is 5.20. The average molecular weight is 315 g/mol. The summed E-state index contributed by atoms with van der Waals surface area (Å²) >= 11 is 6.07. The van der Waals surface area contributed by atoms with E-state index in [1.54, 1.807) is 0 Å². The molecule has 0 amide bonds. The molecule has 4 heteroatoms. The molecule has 0 aliphatic carbocycles. The van der Waals surface area contributed by atoms with E-state index in [-0.39, 0.29) is 0 Å². The third-order valence-electron chi connectivity index (χ3n) is 3.07. The quantitative estimate of drug-likeness (QED) is 0.666. The van der Waals surface area contributed by atoms with Crippen molar-refractivity contribution in [1.82, 2.24) is 10.2 Å². The van der Waals surface area contributed by atoms with E-state index in [0.29, 0.717) is 17.6 Å². The molecular formula is C18H19ClN2O. The van der Waals surface area contributed by atoms with Gasteiger partial charge in [0, 0.05) is 10.8 Å². The highest BCUT2D eigenvalue weighted by Crippen LogP contribution is 2.28. The maximum atomic E-state index is 6.07.